The molecule has 0 bridgehead atoms. The highest BCUT2D eigenvalue weighted by Gasteiger charge is 2.07. The largest absolute Gasteiger partial charge is 0.372 e. The molecule has 0 fully saturated rings. The molecule has 5 heteroatoms. The molecule has 0 unspecified atom stereocenters. The van der Waals surface area contributed by atoms with Crippen LogP contribution >= 0.6 is 11.3 Å². The summed E-state index contributed by atoms with van der Waals surface area (Å²) in [6.07, 6.45) is 0. The number of rotatable bonds is 4. The van der Waals surface area contributed by atoms with Crippen molar-refractivity contribution in [1.82, 2.24) is 4.98 Å². The van der Waals surface area contributed by atoms with Gasteiger partial charge in [-0.15, -0.1) is 11.3 Å². The maximum absolute atomic E-state index is 11.2. The van der Waals surface area contributed by atoms with Crippen molar-refractivity contribution >= 4 is 22.4 Å². The zero-order valence-corrected chi connectivity index (χ0v) is 9.40. The average Bonchev–Trinajstić information content (AvgIpc) is 2.42. The number of amides is 1. The van der Waals surface area contributed by atoms with Gasteiger partial charge in [-0.1, -0.05) is 0 Å². The number of aryl methyl sites for hydroxylation is 2. The molecule has 0 aromatic carbocycles. The molecular formula is C9H14N2O2S. The van der Waals surface area contributed by atoms with E-state index in [0.717, 1.165) is 10.6 Å². The van der Waals surface area contributed by atoms with E-state index in [1.54, 1.807) is 0 Å². The maximum atomic E-state index is 11.2. The van der Waals surface area contributed by atoms with Crippen molar-refractivity contribution in [3.05, 3.63) is 10.6 Å². The molecule has 0 saturated heterocycles. The van der Waals surface area contributed by atoms with Gasteiger partial charge in [-0.05, 0) is 20.8 Å². The molecule has 0 radical (unpaired) electrons. The second-order valence-electron chi connectivity index (χ2n) is 2.85. The Bertz CT molecular complexity index is 303. The number of thiazole rings is 1. The van der Waals surface area contributed by atoms with E-state index in [9.17, 15) is 4.79 Å². The Morgan fingerprint density at radius 3 is 2.79 bits per heavy atom. The van der Waals surface area contributed by atoms with Crippen LogP contribution in [0.3, 0.4) is 0 Å². The van der Waals surface area contributed by atoms with Crippen LogP contribution in [0, 0.1) is 13.8 Å². The highest BCUT2D eigenvalue weighted by molar-refractivity contribution is 7.15. The van der Waals surface area contributed by atoms with E-state index < -0.39 is 0 Å². The van der Waals surface area contributed by atoms with Crippen LogP contribution in [-0.4, -0.2) is 24.1 Å². The van der Waals surface area contributed by atoms with Crippen molar-refractivity contribution in [2.24, 2.45) is 0 Å². The summed E-state index contributed by atoms with van der Waals surface area (Å²) < 4.78 is 4.97. The maximum Gasteiger partial charge on any atom is 0.252 e. The number of ether oxygens (including phenoxy) is 1. The Morgan fingerprint density at radius 1 is 1.57 bits per heavy atom. The molecule has 0 aliphatic heterocycles. The van der Waals surface area contributed by atoms with Crippen LogP contribution in [0.15, 0.2) is 0 Å². The molecular weight excluding hydrogens is 200 g/mol. The van der Waals surface area contributed by atoms with Gasteiger partial charge in [0.05, 0.1) is 5.69 Å². The van der Waals surface area contributed by atoms with Crippen molar-refractivity contribution in [3.63, 3.8) is 0 Å². The highest BCUT2D eigenvalue weighted by Crippen LogP contribution is 2.20. The Morgan fingerprint density at radius 2 is 2.29 bits per heavy atom. The summed E-state index contributed by atoms with van der Waals surface area (Å²) in [6.45, 7) is 6.39. The van der Waals surface area contributed by atoms with Crippen molar-refractivity contribution in [3.8, 4) is 0 Å². The molecule has 1 amide bonds. The SMILES string of the molecule is CCOCC(=O)Nc1nc(C)c(C)s1. The van der Waals surface area contributed by atoms with Gasteiger partial charge in [-0.25, -0.2) is 4.98 Å². The fourth-order valence-corrected chi connectivity index (χ4v) is 1.71. The quantitative estimate of drug-likeness (QED) is 0.830. The number of nitrogens with zero attached hydrogens (tertiary/aromatic N) is 1. The van der Waals surface area contributed by atoms with Crippen LogP contribution in [0.25, 0.3) is 0 Å². The number of hydrogen-bond donors (Lipinski definition) is 1. The molecule has 14 heavy (non-hydrogen) atoms. The lowest BCUT2D eigenvalue weighted by Gasteiger charge is -2.00. The fourth-order valence-electron chi connectivity index (χ4n) is 0.876. The third-order valence-electron chi connectivity index (χ3n) is 1.71. The van der Waals surface area contributed by atoms with Gasteiger partial charge in [0.1, 0.15) is 6.61 Å². The highest BCUT2D eigenvalue weighted by atomic mass is 32.1. The molecule has 4 nitrogen and oxygen atoms in total. The van der Waals surface area contributed by atoms with E-state index in [1.807, 2.05) is 20.8 Å². The number of hydrogen-bond acceptors (Lipinski definition) is 4. The zero-order valence-electron chi connectivity index (χ0n) is 8.59. The normalized spacial score (nSPS) is 10.2. The third kappa shape index (κ3) is 3.08. The first kappa shape index (κ1) is 11.1. The van der Waals surface area contributed by atoms with Gasteiger partial charge in [0, 0.05) is 11.5 Å². The third-order valence-corrected chi connectivity index (χ3v) is 2.70. The number of anilines is 1. The summed E-state index contributed by atoms with van der Waals surface area (Å²) in [5.74, 6) is -0.152. The molecule has 0 atom stereocenters. The lowest BCUT2D eigenvalue weighted by atomic mass is 10.4. The van der Waals surface area contributed by atoms with Crippen LogP contribution in [0.4, 0.5) is 5.13 Å². The van der Waals surface area contributed by atoms with E-state index in [0.29, 0.717) is 11.7 Å². The Balaban J connectivity index is 2.48. The predicted molar refractivity (Wildman–Crippen MR) is 56.7 cm³/mol. The summed E-state index contributed by atoms with van der Waals surface area (Å²) in [5.41, 5.74) is 0.960. The molecule has 78 valence electrons. The molecule has 1 aromatic rings. The van der Waals surface area contributed by atoms with Gasteiger partial charge in [0.15, 0.2) is 5.13 Å². The summed E-state index contributed by atoms with van der Waals surface area (Å²) >= 11 is 1.48. The van der Waals surface area contributed by atoms with Gasteiger partial charge in [0.25, 0.3) is 5.91 Å². The smallest absolute Gasteiger partial charge is 0.252 e. The molecule has 1 heterocycles. The van der Waals surface area contributed by atoms with Gasteiger partial charge in [-0.2, -0.15) is 0 Å². The minimum atomic E-state index is -0.152. The van der Waals surface area contributed by atoms with Gasteiger partial charge >= 0.3 is 0 Å². The van der Waals surface area contributed by atoms with E-state index in [-0.39, 0.29) is 12.5 Å². The van der Waals surface area contributed by atoms with Crippen LogP contribution in [0.5, 0.6) is 0 Å². The summed E-state index contributed by atoms with van der Waals surface area (Å²) in [5, 5.41) is 3.33. The molecule has 1 aromatic heterocycles. The molecule has 0 saturated carbocycles. The van der Waals surface area contributed by atoms with E-state index in [2.05, 4.69) is 10.3 Å². The molecule has 1 N–H and O–H groups in total. The van der Waals surface area contributed by atoms with Crippen LogP contribution < -0.4 is 5.32 Å². The summed E-state index contributed by atoms with van der Waals surface area (Å²) in [6, 6.07) is 0. The second kappa shape index (κ2) is 5.07. The van der Waals surface area contributed by atoms with Crippen molar-refractivity contribution in [2.75, 3.05) is 18.5 Å². The van der Waals surface area contributed by atoms with Crippen molar-refractivity contribution in [1.29, 1.82) is 0 Å². The lowest BCUT2D eigenvalue weighted by molar-refractivity contribution is -0.120. The zero-order chi connectivity index (χ0) is 10.6. The fraction of sp³-hybridized carbons (Fsp3) is 0.556. The van der Waals surface area contributed by atoms with E-state index >= 15 is 0 Å². The average molecular weight is 214 g/mol. The number of carbonyl (C=O) groups excluding carboxylic acids is 1. The van der Waals surface area contributed by atoms with Gasteiger partial charge in [-0.3, -0.25) is 10.1 Å². The first-order valence-electron chi connectivity index (χ1n) is 4.45. The molecule has 1 rings (SSSR count). The number of carbonyl (C=O) groups is 1. The van der Waals surface area contributed by atoms with E-state index in [1.165, 1.54) is 11.3 Å². The van der Waals surface area contributed by atoms with E-state index in [4.69, 9.17) is 4.74 Å². The minimum Gasteiger partial charge on any atom is -0.372 e. The number of aromatic nitrogens is 1. The minimum absolute atomic E-state index is 0.0914. The van der Waals surface area contributed by atoms with Crippen molar-refractivity contribution < 1.29 is 9.53 Å². The summed E-state index contributed by atoms with van der Waals surface area (Å²) in [4.78, 5) is 16.5. The Kier molecular flexibility index (Phi) is 4.03. The topological polar surface area (TPSA) is 51.2 Å². The Labute approximate surface area is 87.3 Å². The molecule has 0 aliphatic rings. The summed E-state index contributed by atoms with van der Waals surface area (Å²) in [7, 11) is 0. The van der Waals surface area contributed by atoms with Crippen molar-refractivity contribution in [2.45, 2.75) is 20.8 Å². The van der Waals surface area contributed by atoms with Crippen LogP contribution in [0.2, 0.25) is 0 Å². The second-order valence-corrected chi connectivity index (χ2v) is 4.05. The van der Waals surface area contributed by atoms with Gasteiger partial charge < -0.3 is 4.74 Å². The van der Waals surface area contributed by atoms with Gasteiger partial charge in [0.2, 0.25) is 0 Å². The molecule has 0 aliphatic carbocycles. The lowest BCUT2D eigenvalue weighted by Crippen LogP contribution is -2.17. The standard InChI is InChI=1S/C9H14N2O2S/c1-4-13-5-8(12)11-9-10-6(2)7(3)14-9/h4-5H2,1-3H3,(H,10,11,12). The monoisotopic (exact) mass is 214 g/mol. The first-order chi connectivity index (χ1) is 6.63. The molecule has 0 spiro atoms. The van der Waals surface area contributed by atoms with Crippen LogP contribution in [0.1, 0.15) is 17.5 Å². The van der Waals surface area contributed by atoms with Crippen LogP contribution in [-0.2, 0) is 9.53 Å². The first-order valence-corrected chi connectivity index (χ1v) is 5.26. The predicted octanol–water partition coefficient (Wildman–Crippen LogP) is 1.73. The Hall–Kier alpha value is -0.940. The number of nitrogens with one attached hydrogen (secondary N) is 1.